The minimum atomic E-state index is -0.134. The molecule has 4 nitrogen and oxygen atoms in total. The van der Waals surface area contributed by atoms with Gasteiger partial charge in [-0.05, 0) is 19.4 Å². The van der Waals surface area contributed by atoms with Crippen LogP contribution in [0.25, 0.3) is 11.3 Å². The zero-order valence-corrected chi connectivity index (χ0v) is 13.2. The number of carbonyl (C=O) groups excluding carboxylic acids is 1. The molecule has 4 heteroatoms. The molecule has 0 bridgehead atoms. The molecule has 116 valence electrons. The summed E-state index contributed by atoms with van der Waals surface area (Å²) in [5, 5.41) is 9.98. The third-order valence-corrected chi connectivity index (χ3v) is 3.87. The smallest absolute Gasteiger partial charge is 0.255 e. The van der Waals surface area contributed by atoms with Crippen LogP contribution in [0.1, 0.15) is 34.5 Å². The van der Waals surface area contributed by atoms with Gasteiger partial charge in [-0.1, -0.05) is 60.2 Å². The highest BCUT2D eigenvalue weighted by molar-refractivity contribution is 5.99. The van der Waals surface area contributed by atoms with Gasteiger partial charge >= 0.3 is 0 Å². The second-order valence-electron chi connectivity index (χ2n) is 5.63. The molecule has 0 aliphatic carbocycles. The number of hydrogen-bond acceptors (Lipinski definition) is 2. The fourth-order valence-electron chi connectivity index (χ4n) is 2.50. The molecule has 2 N–H and O–H groups in total. The number of aromatic amines is 1. The normalized spacial score (nSPS) is 11.9. The Balaban J connectivity index is 1.81. The molecule has 0 radical (unpaired) electrons. The van der Waals surface area contributed by atoms with Crippen LogP contribution in [0.4, 0.5) is 0 Å². The molecule has 23 heavy (non-hydrogen) atoms. The molecule has 0 saturated heterocycles. The van der Waals surface area contributed by atoms with Crippen LogP contribution in [0.15, 0.2) is 60.8 Å². The van der Waals surface area contributed by atoms with E-state index in [0.717, 1.165) is 16.8 Å². The van der Waals surface area contributed by atoms with Crippen LogP contribution in [-0.2, 0) is 0 Å². The van der Waals surface area contributed by atoms with Gasteiger partial charge in [-0.25, -0.2) is 0 Å². The summed E-state index contributed by atoms with van der Waals surface area (Å²) < 4.78 is 0. The number of hydrogen-bond donors (Lipinski definition) is 2. The van der Waals surface area contributed by atoms with Gasteiger partial charge in [0.2, 0.25) is 0 Å². The fourth-order valence-corrected chi connectivity index (χ4v) is 2.50. The van der Waals surface area contributed by atoms with Crippen molar-refractivity contribution in [1.82, 2.24) is 15.5 Å². The van der Waals surface area contributed by atoms with Crippen molar-refractivity contribution in [3.63, 3.8) is 0 Å². The molecule has 1 heterocycles. The first-order valence-corrected chi connectivity index (χ1v) is 7.61. The first kappa shape index (κ1) is 15.0. The van der Waals surface area contributed by atoms with Crippen molar-refractivity contribution in [3.05, 3.63) is 77.5 Å². The Morgan fingerprint density at radius 2 is 1.78 bits per heavy atom. The van der Waals surface area contributed by atoms with Crippen LogP contribution in [0, 0.1) is 6.92 Å². The van der Waals surface area contributed by atoms with E-state index < -0.39 is 0 Å². The number of aryl methyl sites for hydroxylation is 1. The van der Waals surface area contributed by atoms with Gasteiger partial charge in [0, 0.05) is 5.56 Å². The molecule has 0 unspecified atom stereocenters. The summed E-state index contributed by atoms with van der Waals surface area (Å²) in [7, 11) is 0. The lowest BCUT2D eigenvalue weighted by molar-refractivity contribution is 0.0940. The number of carbonyl (C=O) groups is 1. The van der Waals surface area contributed by atoms with Gasteiger partial charge in [-0.2, -0.15) is 5.10 Å². The third-order valence-electron chi connectivity index (χ3n) is 3.87. The van der Waals surface area contributed by atoms with Crippen LogP contribution in [-0.4, -0.2) is 16.1 Å². The number of nitrogens with one attached hydrogen (secondary N) is 2. The molecule has 1 amide bonds. The molecule has 2 aromatic carbocycles. The Morgan fingerprint density at radius 3 is 2.48 bits per heavy atom. The van der Waals surface area contributed by atoms with E-state index in [1.165, 1.54) is 5.56 Å². The number of aromatic nitrogens is 2. The second-order valence-corrected chi connectivity index (χ2v) is 5.63. The average Bonchev–Trinajstić information content (AvgIpc) is 3.06. The van der Waals surface area contributed by atoms with Crippen LogP contribution in [0.2, 0.25) is 0 Å². The van der Waals surface area contributed by atoms with E-state index in [-0.39, 0.29) is 11.9 Å². The molecule has 0 spiro atoms. The maximum atomic E-state index is 12.6. The summed E-state index contributed by atoms with van der Waals surface area (Å²) in [6.45, 7) is 4.00. The maximum absolute atomic E-state index is 12.6. The number of nitrogens with zero attached hydrogens (tertiary/aromatic N) is 1. The lowest BCUT2D eigenvalue weighted by atomic mass is 10.0. The molecule has 0 fully saturated rings. The zero-order chi connectivity index (χ0) is 16.2. The summed E-state index contributed by atoms with van der Waals surface area (Å²) in [6.07, 6.45) is 1.57. The summed E-state index contributed by atoms with van der Waals surface area (Å²) >= 11 is 0. The molecule has 0 aliphatic heterocycles. The highest BCUT2D eigenvalue weighted by Gasteiger charge is 2.17. The zero-order valence-electron chi connectivity index (χ0n) is 13.2. The van der Waals surface area contributed by atoms with E-state index in [9.17, 15) is 4.79 Å². The van der Waals surface area contributed by atoms with E-state index in [2.05, 4.69) is 15.5 Å². The molecule has 0 aliphatic rings. The number of H-pyrrole nitrogens is 1. The predicted octanol–water partition coefficient (Wildman–Crippen LogP) is 3.88. The molecule has 3 aromatic rings. The van der Waals surface area contributed by atoms with Gasteiger partial charge in [0.05, 0.1) is 23.5 Å². The van der Waals surface area contributed by atoms with E-state index in [1.54, 1.807) is 6.20 Å². The van der Waals surface area contributed by atoms with Gasteiger partial charge in [0.25, 0.3) is 5.91 Å². The van der Waals surface area contributed by atoms with Gasteiger partial charge in [0.1, 0.15) is 0 Å². The van der Waals surface area contributed by atoms with E-state index >= 15 is 0 Å². The third kappa shape index (κ3) is 3.31. The van der Waals surface area contributed by atoms with Crippen molar-refractivity contribution < 1.29 is 4.79 Å². The molecule has 0 saturated carbocycles. The van der Waals surface area contributed by atoms with Gasteiger partial charge in [0.15, 0.2) is 0 Å². The van der Waals surface area contributed by atoms with Crippen molar-refractivity contribution in [2.24, 2.45) is 0 Å². The van der Waals surface area contributed by atoms with Crippen LogP contribution >= 0.6 is 0 Å². The Hall–Kier alpha value is -2.88. The van der Waals surface area contributed by atoms with E-state index in [0.29, 0.717) is 5.56 Å². The van der Waals surface area contributed by atoms with Gasteiger partial charge in [-0.15, -0.1) is 0 Å². The maximum Gasteiger partial charge on any atom is 0.255 e. The van der Waals surface area contributed by atoms with Crippen molar-refractivity contribution in [1.29, 1.82) is 0 Å². The SMILES string of the molecule is Cc1ccc(-c2[nH]ncc2C(=O)N[C@H](C)c2ccccc2)cc1. The number of amides is 1. The highest BCUT2D eigenvalue weighted by Crippen LogP contribution is 2.22. The fraction of sp³-hybridized carbons (Fsp3) is 0.158. The topological polar surface area (TPSA) is 57.8 Å². The van der Waals surface area contributed by atoms with Crippen LogP contribution in [0.3, 0.4) is 0 Å². The molecule has 1 atom stereocenters. The van der Waals surface area contributed by atoms with Gasteiger partial charge < -0.3 is 5.32 Å². The Bertz CT molecular complexity index is 791. The predicted molar refractivity (Wildman–Crippen MR) is 91.1 cm³/mol. The molecular weight excluding hydrogens is 286 g/mol. The Labute approximate surface area is 135 Å². The summed E-state index contributed by atoms with van der Waals surface area (Å²) in [6, 6.07) is 17.8. The second kappa shape index (κ2) is 6.48. The van der Waals surface area contributed by atoms with E-state index in [1.807, 2.05) is 68.4 Å². The first-order chi connectivity index (χ1) is 11.1. The lowest BCUT2D eigenvalue weighted by Gasteiger charge is -2.14. The molecular formula is C19H19N3O. The minimum Gasteiger partial charge on any atom is -0.345 e. The van der Waals surface area contributed by atoms with E-state index in [4.69, 9.17) is 0 Å². The summed E-state index contributed by atoms with van der Waals surface area (Å²) in [4.78, 5) is 12.6. The quantitative estimate of drug-likeness (QED) is 0.768. The molecule has 3 rings (SSSR count). The van der Waals surface area contributed by atoms with Crippen molar-refractivity contribution in [2.75, 3.05) is 0 Å². The molecule has 1 aromatic heterocycles. The monoisotopic (exact) mass is 305 g/mol. The van der Waals surface area contributed by atoms with Crippen molar-refractivity contribution in [3.8, 4) is 11.3 Å². The van der Waals surface area contributed by atoms with Crippen LogP contribution in [0.5, 0.6) is 0 Å². The Morgan fingerprint density at radius 1 is 1.09 bits per heavy atom. The average molecular weight is 305 g/mol. The van der Waals surface area contributed by atoms with Crippen molar-refractivity contribution in [2.45, 2.75) is 19.9 Å². The first-order valence-electron chi connectivity index (χ1n) is 7.61. The van der Waals surface area contributed by atoms with Gasteiger partial charge in [-0.3, -0.25) is 9.89 Å². The Kier molecular flexibility index (Phi) is 4.24. The summed E-state index contributed by atoms with van der Waals surface area (Å²) in [5.74, 6) is -0.134. The largest absolute Gasteiger partial charge is 0.345 e. The summed E-state index contributed by atoms with van der Waals surface area (Å²) in [5.41, 5.74) is 4.49. The van der Waals surface area contributed by atoms with Crippen molar-refractivity contribution >= 4 is 5.91 Å². The number of benzene rings is 2. The lowest BCUT2D eigenvalue weighted by Crippen LogP contribution is -2.26. The highest BCUT2D eigenvalue weighted by atomic mass is 16.1. The standard InChI is InChI=1S/C19H19N3O/c1-13-8-10-16(11-9-13)18-17(12-20-22-18)19(23)21-14(2)15-6-4-3-5-7-15/h3-12,14H,1-2H3,(H,20,22)(H,21,23)/t14-/m1/s1. The minimum absolute atomic E-state index is 0.0653. The number of rotatable bonds is 4. The van der Waals surface area contributed by atoms with Crippen LogP contribution < -0.4 is 5.32 Å².